The molecule has 0 saturated carbocycles. The van der Waals surface area contributed by atoms with Crippen molar-refractivity contribution in [2.24, 2.45) is 5.41 Å². The average molecular weight is 306 g/mol. The van der Waals surface area contributed by atoms with Crippen LogP contribution in [0.25, 0.3) is 0 Å². The van der Waals surface area contributed by atoms with E-state index in [4.69, 9.17) is 5.11 Å². The minimum atomic E-state index is -1.03. The molecule has 3 N–H and O–H groups in total. The van der Waals surface area contributed by atoms with E-state index in [-0.39, 0.29) is 24.4 Å². The fraction of sp³-hybridized carbons (Fsp3) is 0.438. The van der Waals surface area contributed by atoms with Crippen LogP contribution in [0.1, 0.15) is 48.4 Å². The van der Waals surface area contributed by atoms with Gasteiger partial charge >= 0.3 is 5.97 Å². The fourth-order valence-corrected chi connectivity index (χ4v) is 1.60. The Labute approximate surface area is 129 Å². The Morgan fingerprint density at radius 3 is 1.91 bits per heavy atom. The molecule has 0 atom stereocenters. The van der Waals surface area contributed by atoms with Crippen molar-refractivity contribution < 1.29 is 19.5 Å². The van der Waals surface area contributed by atoms with Crippen LogP contribution >= 0.6 is 0 Å². The molecule has 6 heteroatoms. The summed E-state index contributed by atoms with van der Waals surface area (Å²) in [6.07, 6.45) is 0. The van der Waals surface area contributed by atoms with Gasteiger partial charge in [-0.1, -0.05) is 0 Å². The summed E-state index contributed by atoms with van der Waals surface area (Å²) in [6, 6.07) is 6.24. The zero-order valence-electron chi connectivity index (χ0n) is 13.3. The largest absolute Gasteiger partial charge is 0.481 e. The van der Waals surface area contributed by atoms with Gasteiger partial charge in [0.2, 0.25) is 0 Å². The van der Waals surface area contributed by atoms with Gasteiger partial charge in [-0.25, -0.2) is 0 Å². The third kappa shape index (κ3) is 4.87. The van der Waals surface area contributed by atoms with Gasteiger partial charge in [0, 0.05) is 23.7 Å². The molecule has 0 bridgehead atoms. The third-order valence-corrected chi connectivity index (χ3v) is 3.10. The normalized spacial score (nSPS) is 11.1. The standard InChI is InChI=1S/C16H22N2O4/c1-10(2)18-14(20)12-7-5-11(6-8-12)13(19)17-9-16(3,4)15(21)22/h5-8,10H,9H2,1-4H3,(H,17,19)(H,18,20)(H,21,22). The summed E-state index contributed by atoms with van der Waals surface area (Å²) in [5.74, 6) is -1.55. The molecule has 0 radical (unpaired) electrons. The Kier molecular flexibility index (Phi) is 5.68. The number of carbonyl (C=O) groups is 3. The highest BCUT2D eigenvalue weighted by Gasteiger charge is 2.27. The van der Waals surface area contributed by atoms with Crippen LogP contribution in [0.4, 0.5) is 0 Å². The molecule has 6 nitrogen and oxygen atoms in total. The highest BCUT2D eigenvalue weighted by Crippen LogP contribution is 2.13. The fourth-order valence-electron chi connectivity index (χ4n) is 1.60. The van der Waals surface area contributed by atoms with E-state index in [0.717, 1.165) is 0 Å². The summed E-state index contributed by atoms with van der Waals surface area (Å²) in [5, 5.41) is 14.3. The molecule has 0 aromatic heterocycles. The van der Waals surface area contributed by atoms with Gasteiger partial charge in [0.1, 0.15) is 0 Å². The highest BCUT2D eigenvalue weighted by molar-refractivity contribution is 5.98. The van der Waals surface area contributed by atoms with Crippen LogP contribution in [-0.4, -0.2) is 35.5 Å². The second-order valence-corrected chi connectivity index (χ2v) is 6.08. The van der Waals surface area contributed by atoms with E-state index in [1.807, 2.05) is 13.8 Å². The lowest BCUT2D eigenvalue weighted by atomic mass is 9.94. The molecule has 0 spiro atoms. The van der Waals surface area contributed by atoms with E-state index < -0.39 is 11.4 Å². The van der Waals surface area contributed by atoms with Crippen molar-refractivity contribution in [1.82, 2.24) is 10.6 Å². The van der Waals surface area contributed by atoms with Crippen LogP contribution in [0.2, 0.25) is 0 Å². The quantitative estimate of drug-likeness (QED) is 0.745. The zero-order valence-corrected chi connectivity index (χ0v) is 13.3. The number of benzene rings is 1. The maximum absolute atomic E-state index is 12.0. The van der Waals surface area contributed by atoms with Crippen molar-refractivity contribution in [3.8, 4) is 0 Å². The van der Waals surface area contributed by atoms with E-state index in [1.54, 1.807) is 24.3 Å². The first-order valence-corrected chi connectivity index (χ1v) is 7.06. The molecule has 0 fully saturated rings. The summed E-state index contributed by atoms with van der Waals surface area (Å²) < 4.78 is 0. The third-order valence-electron chi connectivity index (χ3n) is 3.10. The van der Waals surface area contributed by atoms with Crippen molar-refractivity contribution in [3.63, 3.8) is 0 Å². The lowest BCUT2D eigenvalue weighted by Crippen LogP contribution is -2.38. The van der Waals surface area contributed by atoms with E-state index >= 15 is 0 Å². The number of hydrogen-bond donors (Lipinski definition) is 3. The Balaban J connectivity index is 2.69. The average Bonchev–Trinajstić information content (AvgIpc) is 2.44. The molecule has 0 heterocycles. The summed E-state index contributed by atoms with van der Waals surface area (Å²) in [7, 11) is 0. The number of nitrogens with one attached hydrogen (secondary N) is 2. The van der Waals surface area contributed by atoms with Gasteiger partial charge in [-0.05, 0) is 52.0 Å². The van der Waals surface area contributed by atoms with Crippen molar-refractivity contribution in [1.29, 1.82) is 0 Å². The molecular weight excluding hydrogens is 284 g/mol. The van der Waals surface area contributed by atoms with Gasteiger partial charge in [-0.2, -0.15) is 0 Å². The molecule has 0 aliphatic rings. The first-order chi connectivity index (χ1) is 10.1. The summed E-state index contributed by atoms with van der Waals surface area (Å²) in [5.41, 5.74) is -0.189. The minimum Gasteiger partial charge on any atom is -0.481 e. The number of aliphatic carboxylic acids is 1. The number of carbonyl (C=O) groups excluding carboxylic acids is 2. The Hall–Kier alpha value is -2.37. The molecule has 22 heavy (non-hydrogen) atoms. The number of carboxylic acid groups (broad SMARTS) is 1. The van der Waals surface area contributed by atoms with E-state index in [1.165, 1.54) is 13.8 Å². The molecule has 0 unspecified atom stereocenters. The number of amides is 2. The zero-order chi connectivity index (χ0) is 16.9. The van der Waals surface area contributed by atoms with Crippen molar-refractivity contribution in [2.45, 2.75) is 33.7 Å². The van der Waals surface area contributed by atoms with Gasteiger partial charge in [0.25, 0.3) is 11.8 Å². The molecule has 1 aromatic carbocycles. The van der Waals surface area contributed by atoms with Crippen molar-refractivity contribution in [2.75, 3.05) is 6.54 Å². The van der Waals surface area contributed by atoms with Gasteiger partial charge in [-0.3, -0.25) is 14.4 Å². The second kappa shape index (κ2) is 7.06. The molecule has 1 rings (SSSR count). The summed E-state index contributed by atoms with van der Waals surface area (Å²) >= 11 is 0. The molecule has 0 saturated heterocycles. The molecule has 0 aliphatic carbocycles. The van der Waals surface area contributed by atoms with Crippen molar-refractivity contribution >= 4 is 17.8 Å². The SMILES string of the molecule is CC(C)NC(=O)c1ccc(C(=O)NCC(C)(C)C(=O)O)cc1. The lowest BCUT2D eigenvalue weighted by Gasteiger charge is -2.19. The first-order valence-electron chi connectivity index (χ1n) is 7.06. The molecule has 2 amide bonds. The molecule has 1 aromatic rings. The monoisotopic (exact) mass is 306 g/mol. The molecule has 120 valence electrons. The predicted molar refractivity (Wildman–Crippen MR) is 82.8 cm³/mol. The van der Waals surface area contributed by atoms with Crippen LogP contribution < -0.4 is 10.6 Å². The van der Waals surface area contributed by atoms with Gasteiger partial charge in [-0.15, -0.1) is 0 Å². The summed E-state index contributed by atoms with van der Waals surface area (Å²) in [6.45, 7) is 6.83. The predicted octanol–water partition coefficient (Wildman–Crippen LogP) is 1.67. The van der Waals surface area contributed by atoms with Crippen LogP contribution in [0.15, 0.2) is 24.3 Å². The van der Waals surface area contributed by atoms with Crippen LogP contribution in [0, 0.1) is 5.41 Å². The van der Waals surface area contributed by atoms with Gasteiger partial charge in [0.15, 0.2) is 0 Å². The smallest absolute Gasteiger partial charge is 0.310 e. The molecule has 0 aliphatic heterocycles. The summed E-state index contributed by atoms with van der Waals surface area (Å²) in [4.78, 5) is 34.7. The number of rotatable bonds is 6. The Morgan fingerprint density at radius 2 is 1.50 bits per heavy atom. The molecular formula is C16H22N2O4. The van der Waals surface area contributed by atoms with Gasteiger partial charge < -0.3 is 15.7 Å². The van der Waals surface area contributed by atoms with Crippen LogP contribution in [-0.2, 0) is 4.79 Å². The minimum absolute atomic E-state index is 0.0246. The van der Waals surface area contributed by atoms with Crippen LogP contribution in [0.3, 0.4) is 0 Å². The number of hydrogen-bond acceptors (Lipinski definition) is 3. The highest BCUT2D eigenvalue weighted by atomic mass is 16.4. The van der Waals surface area contributed by atoms with E-state index in [0.29, 0.717) is 11.1 Å². The van der Waals surface area contributed by atoms with E-state index in [2.05, 4.69) is 10.6 Å². The maximum atomic E-state index is 12.0. The Morgan fingerprint density at radius 1 is 1.05 bits per heavy atom. The second-order valence-electron chi connectivity index (χ2n) is 6.08. The maximum Gasteiger partial charge on any atom is 0.310 e. The lowest BCUT2D eigenvalue weighted by molar-refractivity contribution is -0.146. The van der Waals surface area contributed by atoms with Crippen molar-refractivity contribution in [3.05, 3.63) is 35.4 Å². The van der Waals surface area contributed by atoms with Crippen LogP contribution in [0.5, 0.6) is 0 Å². The Bertz CT molecular complexity index is 562. The van der Waals surface area contributed by atoms with E-state index in [9.17, 15) is 14.4 Å². The topological polar surface area (TPSA) is 95.5 Å². The van der Waals surface area contributed by atoms with Gasteiger partial charge in [0.05, 0.1) is 5.41 Å². The first kappa shape index (κ1) is 17.7. The number of carboxylic acids is 1.